The van der Waals surface area contributed by atoms with E-state index in [1.165, 1.54) is 24.0 Å². The van der Waals surface area contributed by atoms with Gasteiger partial charge < -0.3 is 15.5 Å². The highest BCUT2D eigenvalue weighted by atomic mass is 15.3. The molecule has 0 radical (unpaired) electrons. The third-order valence-corrected chi connectivity index (χ3v) is 5.19. The number of piperidine rings is 1. The average Bonchev–Trinajstić information content (AvgIpc) is 2.68. The largest absolute Gasteiger partial charge is 0.366 e. The van der Waals surface area contributed by atoms with E-state index in [2.05, 4.69) is 52.8 Å². The number of aromatic nitrogens is 2. The maximum absolute atomic E-state index is 4.85. The minimum atomic E-state index is 0.461. The Kier molecular flexibility index (Phi) is 4.83. The number of aryl methyl sites for hydroxylation is 1. The molecule has 5 heteroatoms. The van der Waals surface area contributed by atoms with Crippen LogP contribution >= 0.6 is 0 Å². The molecule has 1 aromatic carbocycles. The van der Waals surface area contributed by atoms with Gasteiger partial charge in [0.2, 0.25) is 5.95 Å². The molecule has 0 bridgehead atoms. The van der Waals surface area contributed by atoms with Gasteiger partial charge in [0.05, 0.1) is 0 Å². The van der Waals surface area contributed by atoms with Gasteiger partial charge in [-0.2, -0.15) is 4.98 Å². The van der Waals surface area contributed by atoms with Crippen LogP contribution < -0.4 is 15.5 Å². The zero-order valence-corrected chi connectivity index (χ0v) is 15.0. The van der Waals surface area contributed by atoms with E-state index in [0.717, 1.165) is 56.5 Å². The third kappa shape index (κ3) is 3.76. The Labute approximate surface area is 149 Å². The second-order valence-corrected chi connectivity index (χ2v) is 7.03. The zero-order valence-electron chi connectivity index (χ0n) is 15.0. The molecule has 25 heavy (non-hydrogen) atoms. The molecular formula is C20H27N5. The summed E-state index contributed by atoms with van der Waals surface area (Å²) in [5.74, 6) is 1.83. The molecule has 2 N–H and O–H groups in total. The number of hydrogen-bond donors (Lipinski definition) is 2. The summed E-state index contributed by atoms with van der Waals surface area (Å²) < 4.78 is 0. The summed E-state index contributed by atoms with van der Waals surface area (Å²) in [4.78, 5) is 12.0. The fourth-order valence-electron chi connectivity index (χ4n) is 3.73. The number of nitrogens with one attached hydrogen (secondary N) is 2. The molecule has 2 aliphatic rings. The number of anilines is 2. The lowest BCUT2D eigenvalue weighted by Crippen LogP contribution is -2.39. The van der Waals surface area contributed by atoms with E-state index in [4.69, 9.17) is 9.97 Å². The van der Waals surface area contributed by atoms with Crippen molar-refractivity contribution in [3.05, 3.63) is 47.2 Å². The molecule has 1 atom stereocenters. The Morgan fingerprint density at radius 1 is 1.24 bits per heavy atom. The maximum atomic E-state index is 4.85. The first-order valence-electron chi connectivity index (χ1n) is 9.49. The summed E-state index contributed by atoms with van der Waals surface area (Å²) >= 11 is 0. The van der Waals surface area contributed by atoms with Crippen LogP contribution in [0.2, 0.25) is 0 Å². The minimum Gasteiger partial charge on any atom is -0.366 e. The van der Waals surface area contributed by atoms with Crippen LogP contribution in [-0.4, -0.2) is 35.6 Å². The fraction of sp³-hybridized carbons (Fsp3) is 0.500. The van der Waals surface area contributed by atoms with E-state index in [-0.39, 0.29) is 0 Å². The van der Waals surface area contributed by atoms with E-state index in [0.29, 0.717) is 6.04 Å². The summed E-state index contributed by atoms with van der Waals surface area (Å²) in [5.41, 5.74) is 3.96. The summed E-state index contributed by atoms with van der Waals surface area (Å²) in [6.07, 6.45) is 4.41. The van der Waals surface area contributed by atoms with Crippen LogP contribution in [0.15, 0.2) is 30.3 Å². The van der Waals surface area contributed by atoms with Gasteiger partial charge in [0, 0.05) is 37.4 Å². The van der Waals surface area contributed by atoms with Gasteiger partial charge >= 0.3 is 0 Å². The van der Waals surface area contributed by atoms with Crippen LogP contribution in [0.25, 0.3) is 0 Å². The number of hydrogen-bond acceptors (Lipinski definition) is 5. The Bertz CT molecular complexity index is 724. The quantitative estimate of drug-likeness (QED) is 0.898. The summed E-state index contributed by atoms with van der Waals surface area (Å²) in [6, 6.07) is 11.3. The normalized spacial score (nSPS) is 20.2. The molecular weight excluding hydrogens is 310 g/mol. The van der Waals surface area contributed by atoms with Crippen molar-refractivity contribution in [3.63, 3.8) is 0 Å². The van der Waals surface area contributed by atoms with Gasteiger partial charge in [0.1, 0.15) is 5.82 Å². The Hall–Kier alpha value is -2.14. The van der Waals surface area contributed by atoms with Crippen molar-refractivity contribution in [2.24, 2.45) is 0 Å². The van der Waals surface area contributed by atoms with Gasteiger partial charge in [-0.3, -0.25) is 0 Å². The lowest BCUT2D eigenvalue weighted by molar-refractivity contribution is 0.479. The van der Waals surface area contributed by atoms with Crippen LogP contribution in [0.3, 0.4) is 0 Å². The number of benzene rings is 1. The Morgan fingerprint density at radius 2 is 2.12 bits per heavy atom. The van der Waals surface area contributed by atoms with Crippen LogP contribution in [0.1, 0.15) is 36.6 Å². The van der Waals surface area contributed by atoms with E-state index >= 15 is 0 Å². The molecule has 132 valence electrons. The van der Waals surface area contributed by atoms with Crippen molar-refractivity contribution in [1.29, 1.82) is 0 Å². The summed E-state index contributed by atoms with van der Waals surface area (Å²) in [7, 11) is 0. The molecule has 1 saturated heterocycles. The number of rotatable bonds is 4. The molecule has 4 rings (SSSR count). The molecule has 2 aliphatic heterocycles. The van der Waals surface area contributed by atoms with E-state index in [1.54, 1.807) is 0 Å². The number of fused-ring (bicyclic) bond motifs is 1. The molecule has 0 spiro atoms. The van der Waals surface area contributed by atoms with Crippen molar-refractivity contribution in [2.75, 3.05) is 29.9 Å². The SMILES string of the molecule is CCc1cc(NC2CCCNC2)nc(N2CCc3ccccc3C2)n1. The van der Waals surface area contributed by atoms with Crippen LogP contribution in [-0.2, 0) is 19.4 Å². The molecule has 3 heterocycles. The van der Waals surface area contributed by atoms with Crippen molar-refractivity contribution < 1.29 is 0 Å². The van der Waals surface area contributed by atoms with Crippen LogP contribution in [0.5, 0.6) is 0 Å². The van der Waals surface area contributed by atoms with Crippen LogP contribution in [0.4, 0.5) is 11.8 Å². The minimum absolute atomic E-state index is 0.461. The predicted molar refractivity (Wildman–Crippen MR) is 102 cm³/mol. The molecule has 0 amide bonds. The van der Waals surface area contributed by atoms with Gasteiger partial charge in [-0.1, -0.05) is 31.2 Å². The summed E-state index contributed by atoms with van der Waals surface area (Å²) in [6.45, 7) is 6.17. The third-order valence-electron chi connectivity index (χ3n) is 5.19. The van der Waals surface area contributed by atoms with E-state index in [1.807, 2.05) is 0 Å². The second-order valence-electron chi connectivity index (χ2n) is 7.03. The summed E-state index contributed by atoms with van der Waals surface area (Å²) in [5, 5.41) is 7.07. The Balaban J connectivity index is 1.55. The standard InChI is InChI=1S/C20H27N5/c1-2-17-12-19(22-18-8-5-10-21-13-18)24-20(23-17)25-11-9-15-6-3-4-7-16(15)14-25/h3-4,6-7,12,18,21H,2,5,8-11,13-14H2,1H3,(H,22,23,24). The highest BCUT2D eigenvalue weighted by Crippen LogP contribution is 2.24. The first-order valence-corrected chi connectivity index (χ1v) is 9.49. The predicted octanol–water partition coefficient (Wildman–Crippen LogP) is 2.77. The second kappa shape index (κ2) is 7.40. The van der Waals surface area contributed by atoms with Crippen LogP contribution in [0, 0.1) is 0 Å². The van der Waals surface area contributed by atoms with E-state index < -0.39 is 0 Å². The topological polar surface area (TPSA) is 53.1 Å². The van der Waals surface area contributed by atoms with Gasteiger partial charge in [-0.15, -0.1) is 0 Å². The molecule has 0 aliphatic carbocycles. The first kappa shape index (κ1) is 16.3. The van der Waals surface area contributed by atoms with E-state index in [9.17, 15) is 0 Å². The molecule has 2 aromatic rings. The van der Waals surface area contributed by atoms with Crippen molar-refractivity contribution in [3.8, 4) is 0 Å². The molecule has 1 fully saturated rings. The van der Waals surface area contributed by atoms with Gasteiger partial charge in [-0.25, -0.2) is 4.98 Å². The van der Waals surface area contributed by atoms with Gasteiger partial charge in [0.15, 0.2) is 0 Å². The molecule has 0 saturated carbocycles. The monoisotopic (exact) mass is 337 g/mol. The average molecular weight is 337 g/mol. The highest BCUT2D eigenvalue weighted by molar-refractivity contribution is 5.47. The molecule has 1 unspecified atom stereocenters. The van der Waals surface area contributed by atoms with Gasteiger partial charge in [-0.05, 0) is 43.4 Å². The maximum Gasteiger partial charge on any atom is 0.227 e. The number of nitrogens with zero attached hydrogens (tertiary/aromatic N) is 3. The van der Waals surface area contributed by atoms with Crippen molar-refractivity contribution in [2.45, 2.75) is 45.2 Å². The smallest absolute Gasteiger partial charge is 0.227 e. The van der Waals surface area contributed by atoms with Gasteiger partial charge in [0.25, 0.3) is 0 Å². The van der Waals surface area contributed by atoms with Crippen molar-refractivity contribution in [1.82, 2.24) is 15.3 Å². The fourth-order valence-corrected chi connectivity index (χ4v) is 3.73. The highest BCUT2D eigenvalue weighted by Gasteiger charge is 2.20. The molecule has 1 aromatic heterocycles. The molecule has 5 nitrogen and oxygen atoms in total. The Morgan fingerprint density at radius 3 is 2.92 bits per heavy atom. The zero-order chi connectivity index (χ0) is 17.1. The van der Waals surface area contributed by atoms with Crippen molar-refractivity contribution >= 4 is 11.8 Å². The first-order chi connectivity index (χ1) is 12.3. The lowest BCUT2D eigenvalue weighted by atomic mass is 10.0. The lowest BCUT2D eigenvalue weighted by Gasteiger charge is -2.30.